The van der Waals surface area contributed by atoms with Crippen molar-refractivity contribution in [2.75, 3.05) is 6.54 Å². The number of ether oxygens (including phenoxy) is 1. The van der Waals surface area contributed by atoms with Crippen molar-refractivity contribution >= 4 is 21.8 Å². The Morgan fingerprint density at radius 2 is 1.93 bits per heavy atom. The number of para-hydroxylation sites is 1. The Balaban J connectivity index is 1.88. The van der Waals surface area contributed by atoms with E-state index >= 15 is 0 Å². The molecule has 1 aliphatic heterocycles. The molecule has 2 N–H and O–H groups in total. The van der Waals surface area contributed by atoms with E-state index in [2.05, 4.69) is 10.1 Å². The van der Waals surface area contributed by atoms with Gasteiger partial charge in [0.15, 0.2) is 9.84 Å². The summed E-state index contributed by atoms with van der Waals surface area (Å²) in [7, 11) is -4.48. The quantitative estimate of drug-likeness (QED) is 0.700. The van der Waals surface area contributed by atoms with Gasteiger partial charge in [-0.2, -0.15) is 5.26 Å². The van der Waals surface area contributed by atoms with Crippen LogP contribution in [0.2, 0.25) is 0 Å². The highest BCUT2D eigenvalue weighted by Gasteiger charge is 2.50. The van der Waals surface area contributed by atoms with E-state index in [9.17, 15) is 36.3 Å². The van der Waals surface area contributed by atoms with Gasteiger partial charge in [-0.3, -0.25) is 9.69 Å². The minimum atomic E-state index is -5.13. The van der Waals surface area contributed by atoms with Crippen LogP contribution in [0.1, 0.15) is 19.3 Å². The van der Waals surface area contributed by atoms with Crippen molar-refractivity contribution in [1.29, 1.82) is 5.26 Å². The second-order valence-electron chi connectivity index (χ2n) is 7.03. The smallest absolute Gasteiger partial charge is 0.465 e. The van der Waals surface area contributed by atoms with Crippen molar-refractivity contribution in [3.05, 3.63) is 24.3 Å². The minimum absolute atomic E-state index is 0.388. The van der Waals surface area contributed by atoms with Crippen LogP contribution in [0.3, 0.4) is 0 Å². The number of alkyl halides is 3. The summed E-state index contributed by atoms with van der Waals surface area (Å²) in [5, 5.41) is 19.4. The summed E-state index contributed by atoms with van der Waals surface area (Å²) in [5.41, 5.74) is -1.09. The van der Waals surface area contributed by atoms with E-state index in [1.807, 2.05) is 6.07 Å². The number of hydrogen-bond acceptors (Lipinski definition) is 6. The molecular formula is C17H16F3N3O6S. The average molecular weight is 447 g/mol. The van der Waals surface area contributed by atoms with Crippen LogP contribution < -0.4 is 10.1 Å². The molecule has 0 radical (unpaired) electrons. The van der Waals surface area contributed by atoms with Crippen LogP contribution in [0.5, 0.6) is 5.75 Å². The Morgan fingerprint density at radius 1 is 1.30 bits per heavy atom. The summed E-state index contributed by atoms with van der Waals surface area (Å²) >= 11 is 0. The van der Waals surface area contributed by atoms with Crippen LogP contribution in [0, 0.1) is 11.3 Å². The van der Waals surface area contributed by atoms with Crippen molar-refractivity contribution in [3.8, 4) is 11.8 Å². The second kappa shape index (κ2) is 7.35. The Labute approximate surface area is 168 Å². The maximum absolute atomic E-state index is 13.0. The molecule has 2 fully saturated rings. The average Bonchev–Trinajstić information content (AvgIpc) is 3.25. The van der Waals surface area contributed by atoms with E-state index in [-0.39, 0.29) is 0 Å². The first-order chi connectivity index (χ1) is 13.9. The largest absolute Gasteiger partial charge is 0.573 e. The third-order valence-corrected chi connectivity index (χ3v) is 7.13. The van der Waals surface area contributed by atoms with Gasteiger partial charge in [-0.1, -0.05) is 12.1 Å². The highest BCUT2D eigenvalue weighted by Crippen LogP contribution is 2.37. The van der Waals surface area contributed by atoms with E-state index in [1.165, 1.54) is 6.07 Å². The molecule has 1 aromatic carbocycles. The fourth-order valence-corrected chi connectivity index (χ4v) is 5.07. The predicted molar refractivity (Wildman–Crippen MR) is 93.0 cm³/mol. The summed E-state index contributed by atoms with van der Waals surface area (Å²) in [5.74, 6) is -1.77. The normalized spacial score (nSPS) is 22.8. The van der Waals surface area contributed by atoms with Crippen molar-refractivity contribution < 1.29 is 41.0 Å². The first-order valence-corrected chi connectivity index (χ1v) is 10.2. The van der Waals surface area contributed by atoms with Crippen LogP contribution in [0.15, 0.2) is 29.2 Å². The monoisotopic (exact) mass is 447 g/mol. The summed E-state index contributed by atoms with van der Waals surface area (Å²) in [6, 6.07) is 4.62. The third kappa shape index (κ3) is 4.28. The zero-order valence-electron chi connectivity index (χ0n) is 15.2. The van der Waals surface area contributed by atoms with Gasteiger partial charge in [-0.15, -0.1) is 13.2 Å². The Kier molecular flexibility index (Phi) is 5.32. The molecule has 9 nitrogen and oxygen atoms in total. The van der Waals surface area contributed by atoms with Crippen molar-refractivity contribution in [1.82, 2.24) is 10.2 Å². The molecule has 3 rings (SSSR count). The molecule has 2 aliphatic rings. The van der Waals surface area contributed by atoms with E-state index < -0.39 is 68.6 Å². The SMILES string of the molecule is N#CC1(NC(=O)[C@@H]2C[C@@H](S(=O)(=O)c3ccccc3OC(F)(F)F)CN2C(=O)O)CC1. The standard InChI is InChI=1S/C17H16F3N3O6S/c18-17(19,20)29-12-3-1-2-4-13(12)30(27,28)10-7-11(23(8-10)15(25)26)14(24)22-16(9-21)5-6-16/h1-4,10-11H,5-8H2,(H,22,24)(H,25,26)/t10-,11+/m1/s1. The van der Waals surface area contributed by atoms with Crippen LogP contribution >= 0.6 is 0 Å². The number of benzene rings is 1. The van der Waals surface area contributed by atoms with Crippen LogP contribution in [-0.2, 0) is 14.6 Å². The van der Waals surface area contributed by atoms with Crippen molar-refractivity contribution in [2.24, 2.45) is 0 Å². The lowest BCUT2D eigenvalue weighted by Crippen LogP contribution is -2.49. The van der Waals surface area contributed by atoms with Crippen LogP contribution in [0.4, 0.5) is 18.0 Å². The Bertz CT molecular complexity index is 1020. The number of halogens is 3. The van der Waals surface area contributed by atoms with Crippen molar-refractivity contribution in [3.63, 3.8) is 0 Å². The first-order valence-electron chi connectivity index (χ1n) is 8.70. The Morgan fingerprint density at radius 3 is 2.47 bits per heavy atom. The number of nitrogens with one attached hydrogen (secondary N) is 1. The van der Waals surface area contributed by atoms with Gasteiger partial charge in [0, 0.05) is 6.54 Å². The molecule has 0 bridgehead atoms. The van der Waals surface area contributed by atoms with Crippen molar-refractivity contribution in [2.45, 2.75) is 47.4 Å². The van der Waals surface area contributed by atoms with E-state index in [0.29, 0.717) is 17.7 Å². The zero-order valence-corrected chi connectivity index (χ0v) is 16.0. The summed E-state index contributed by atoms with van der Waals surface area (Å²) in [4.78, 5) is 23.9. The molecule has 2 amide bonds. The molecule has 13 heteroatoms. The van der Waals surface area contributed by atoms with Gasteiger partial charge in [-0.25, -0.2) is 13.2 Å². The number of hydrogen-bond donors (Lipinski definition) is 2. The molecule has 2 atom stereocenters. The van der Waals surface area contributed by atoms with Gasteiger partial charge in [0.2, 0.25) is 5.91 Å². The minimum Gasteiger partial charge on any atom is -0.465 e. The van der Waals surface area contributed by atoms with Gasteiger partial charge in [0.25, 0.3) is 0 Å². The number of nitriles is 1. The van der Waals surface area contributed by atoms with Gasteiger partial charge in [-0.05, 0) is 31.4 Å². The number of carbonyl (C=O) groups is 2. The lowest BCUT2D eigenvalue weighted by atomic mass is 10.2. The summed E-state index contributed by atoms with van der Waals surface area (Å²) < 4.78 is 67.7. The summed E-state index contributed by atoms with van der Waals surface area (Å²) in [6.45, 7) is -0.615. The number of carboxylic acid groups (broad SMARTS) is 1. The van der Waals surface area contributed by atoms with E-state index in [0.717, 1.165) is 18.2 Å². The molecule has 162 valence electrons. The molecule has 0 aromatic heterocycles. The molecule has 1 aliphatic carbocycles. The molecule has 0 spiro atoms. The van der Waals surface area contributed by atoms with Crippen LogP contribution in [-0.4, -0.2) is 60.2 Å². The van der Waals surface area contributed by atoms with Gasteiger partial charge < -0.3 is 15.2 Å². The molecule has 0 unspecified atom stereocenters. The third-order valence-electron chi connectivity index (χ3n) is 4.96. The van der Waals surface area contributed by atoms with E-state index in [4.69, 9.17) is 5.26 Å². The molecule has 1 saturated heterocycles. The molecular weight excluding hydrogens is 431 g/mol. The highest BCUT2D eigenvalue weighted by atomic mass is 32.2. The number of rotatable bonds is 5. The predicted octanol–water partition coefficient (Wildman–Crippen LogP) is 1.65. The lowest BCUT2D eigenvalue weighted by Gasteiger charge is -2.21. The highest BCUT2D eigenvalue weighted by molar-refractivity contribution is 7.92. The fraction of sp³-hybridized carbons (Fsp3) is 0.471. The van der Waals surface area contributed by atoms with Gasteiger partial charge >= 0.3 is 12.5 Å². The topological polar surface area (TPSA) is 137 Å². The lowest BCUT2D eigenvalue weighted by molar-refractivity contribution is -0.275. The molecule has 1 aromatic rings. The summed E-state index contributed by atoms with van der Waals surface area (Å²) in [6.07, 6.45) is -6.39. The van der Waals surface area contributed by atoms with E-state index in [1.54, 1.807) is 0 Å². The number of likely N-dealkylation sites (tertiary alicyclic amines) is 1. The molecule has 1 saturated carbocycles. The number of carbonyl (C=O) groups excluding carboxylic acids is 1. The molecule has 30 heavy (non-hydrogen) atoms. The van der Waals surface area contributed by atoms with Gasteiger partial charge in [0.1, 0.15) is 22.2 Å². The second-order valence-corrected chi connectivity index (χ2v) is 9.23. The number of amides is 2. The Hall–Kier alpha value is -3.01. The zero-order chi connectivity index (χ0) is 22.3. The van der Waals surface area contributed by atoms with Gasteiger partial charge in [0.05, 0.1) is 11.3 Å². The maximum Gasteiger partial charge on any atom is 0.573 e. The number of nitrogens with zero attached hydrogens (tertiary/aromatic N) is 2. The van der Waals surface area contributed by atoms with Crippen LogP contribution in [0.25, 0.3) is 0 Å². The first kappa shape index (κ1) is 21.7. The maximum atomic E-state index is 13.0. The molecule has 1 heterocycles. The number of sulfone groups is 1. The fourth-order valence-electron chi connectivity index (χ4n) is 3.26.